The zero-order valence-corrected chi connectivity index (χ0v) is 13.8. The summed E-state index contributed by atoms with van der Waals surface area (Å²) in [6.45, 7) is 1.52. The Morgan fingerprint density at radius 2 is 2.00 bits per heavy atom. The zero-order valence-electron chi connectivity index (χ0n) is 13.8. The number of nitriles is 1. The molecule has 3 atom stereocenters. The number of benzene rings is 1. The lowest BCUT2D eigenvalue weighted by atomic mass is 9.72. The Morgan fingerprint density at radius 1 is 1.33 bits per heavy atom. The molecule has 24 heavy (non-hydrogen) atoms. The molecule has 8 heteroatoms. The summed E-state index contributed by atoms with van der Waals surface area (Å²) in [5, 5.41) is 20.2. The lowest BCUT2D eigenvalue weighted by Gasteiger charge is -2.33. The first-order valence-corrected chi connectivity index (χ1v) is 7.08. The van der Waals surface area contributed by atoms with E-state index in [0.29, 0.717) is 17.0 Å². The quantitative estimate of drug-likeness (QED) is 0.826. The molecule has 0 saturated carbocycles. The van der Waals surface area contributed by atoms with Gasteiger partial charge in [0.15, 0.2) is 5.92 Å². The van der Waals surface area contributed by atoms with E-state index in [1.54, 1.807) is 18.2 Å². The van der Waals surface area contributed by atoms with Crippen molar-refractivity contribution in [1.29, 1.82) is 5.26 Å². The van der Waals surface area contributed by atoms with Gasteiger partial charge in [-0.05, 0) is 30.7 Å². The number of hydrogen-bond donors (Lipinski definition) is 1. The van der Waals surface area contributed by atoms with E-state index in [1.807, 2.05) is 6.07 Å². The molecule has 2 rings (SSSR count). The normalized spacial score (nSPS) is 23.0. The van der Waals surface area contributed by atoms with Gasteiger partial charge in [-0.1, -0.05) is 0 Å². The number of nitrogens with zero attached hydrogens (tertiary/aromatic N) is 2. The number of methoxy groups -OCH3 is 3. The molecule has 0 aromatic heterocycles. The van der Waals surface area contributed by atoms with Gasteiger partial charge in [-0.3, -0.25) is 9.69 Å². The molecular weight excluding hydrogens is 316 g/mol. The van der Waals surface area contributed by atoms with Crippen molar-refractivity contribution < 1.29 is 28.9 Å². The number of fused-ring (bicyclic) bond motifs is 1. The number of carbonyl (C=O) groups is 2. The smallest absolute Gasteiger partial charge is 0.416 e. The third-order valence-corrected chi connectivity index (χ3v) is 4.36. The highest BCUT2D eigenvalue weighted by Crippen LogP contribution is 2.50. The fourth-order valence-electron chi connectivity index (χ4n) is 2.97. The predicted molar refractivity (Wildman–Crippen MR) is 82.4 cm³/mol. The summed E-state index contributed by atoms with van der Waals surface area (Å²) in [5.41, 5.74) is -0.668. The van der Waals surface area contributed by atoms with Gasteiger partial charge in [-0.2, -0.15) is 5.26 Å². The topological polar surface area (TPSA) is 109 Å². The summed E-state index contributed by atoms with van der Waals surface area (Å²) < 4.78 is 14.6. The third kappa shape index (κ3) is 2.34. The van der Waals surface area contributed by atoms with E-state index in [2.05, 4.69) is 4.74 Å². The van der Waals surface area contributed by atoms with E-state index in [-0.39, 0.29) is 0 Å². The van der Waals surface area contributed by atoms with Crippen LogP contribution in [0, 0.1) is 17.2 Å². The molecule has 0 aliphatic carbocycles. The van der Waals surface area contributed by atoms with Crippen molar-refractivity contribution in [2.45, 2.75) is 18.6 Å². The average molecular weight is 334 g/mol. The van der Waals surface area contributed by atoms with Gasteiger partial charge >= 0.3 is 12.1 Å². The molecule has 0 fully saturated rings. The minimum absolute atomic E-state index is 0.335. The van der Waals surface area contributed by atoms with Crippen molar-refractivity contribution >= 4 is 17.7 Å². The summed E-state index contributed by atoms with van der Waals surface area (Å²) >= 11 is 0. The van der Waals surface area contributed by atoms with Crippen molar-refractivity contribution in [3.05, 3.63) is 23.8 Å². The minimum atomic E-state index is -1.49. The second-order valence-corrected chi connectivity index (χ2v) is 5.46. The van der Waals surface area contributed by atoms with Crippen LogP contribution in [0.3, 0.4) is 0 Å². The lowest BCUT2D eigenvalue weighted by Crippen LogP contribution is -2.51. The molecular formula is C16H18N2O6. The molecule has 1 aromatic carbocycles. The first-order valence-electron chi connectivity index (χ1n) is 7.08. The Labute approximate surface area is 139 Å². The van der Waals surface area contributed by atoms with Gasteiger partial charge in [-0.15, -0.1) is 0 Å². The van der Waals surface area contributed by atoms with E-state index in [9.17, 15) is 20.0 Å². The van der Waals surface area contributed by atoms with Crippen LogP contribution in [0.15, 0.2) is 18.2 Å². The standard InChI is InChI=1S/C16H18N2O6/c1-16(11(8-17)13(19)23-3)10-7-9(22-2)5-6-12(10)18(14(16)20)15(21)24-4/h5-7,11,14,20H,1-4H3. The van der Waals surface area contributed by atoms with Gasteiger partial charge in [0.25, 0.3) is 0 Å². The number of aliphatic hydroxyl groups excluding tert-OH is 1. The summed E-state index contributed by atoms with van der Waals surface area (Å²) in [7, 11) is 3.79. The van der Waals surface area contributed by atoms with Gasteiger partial charge in [0.1, 0.15) is 12.0 Å². The van der Waals surface area contributed by atoms with E-state index in [1.165, 1.54) is 21.1 Å². The fourth-order valence-corrected chi connectivity index (χ4v) is 2.97. The largest absolute Gasteiger partial charge is 0.497 e. The zero-order chi connectivity index (χ0) is 18.1. The Hall–Kier alpha value is -2.79. The number of hydrogen-bond acceptors (Lipinski definition) is 7. The lowest BCUT2D eigenvalue weighted by molar-refractivity contribution is -0.147. The van der Waals surface area contributed by atoms with E-state index >= 15 is 0 Å². The van der Waals surface area contributed by atoms with Crippen LogP contribution in [0.25, 0.3) is 0 Å². The van der Waals surface area contributed by atoms with Crippen LogP contribution in [-0.4, -0.2) is 44.7 Å². The first kappa shape index (κ1) is 17.6. The van der Waals surface area contributed by atoms with Gasteiger partial charge in [0.05, 0.1) is 38.5 Å². The fraction of sp³-hybridized carbons (Fsp3) is 0.438. The number of carbonyl (C=O) groups excluding carboxylic acids is 2. The van der Waals surface area contributed by atoms with Crippen LogP contribution in [0.2, 0.25) is 0 Å². The summed E-state index contributed by atoms with van der Waals surface area (Å²) in [4.78, 5) is 25.2. The van der Waals surface area contributed by atoms with E-state index < -0.39 is 29.6 Å². The molecule has 8 nitrogen and oxygen atoms in total. The number of ether oxygens (including phenoxy) is 3. The molecule has 0 bridgehead atoms. The number of rotatable bonds is 3. The average Bonchev–Trinajstić information content (AvgIpc) is 2.82. The number of amides is 1. The van der Waals surface area contributed by atoms with Gasteiger partial charge in [-0.25, -0.2) is 4.79 Å². The minimum Gasteiger partial charge on any atom is -0.497 e. The van der Waals surface area contributed by atoms with Crippen LogP contribution in [0.5, 0.6) is 5.75 Å². The van der Waals surface area contributed by atoms with Gasteiger partial charge in [0, 0.05) is 0 Å². The Bertz CT molecular complexity index is 713. The highest BCUT2D eigenvalue weighted by atomic mass is 16.5. The Kier molecular flexibility index (Phi) is 4.66. The Morgan fingerprint density at radius 3 is 2.50 bits per heavy atom. The van der Waals surface area contributed by atoms with Crippen molar-refractivity contribution in [2.24, 2.45) is 5.92 Å². The van der Waals surface area contributed by atoms with Crippen LogP contribution >= 0.6 is 0 Å². The Balaban J connectivity index is 2.71. The van der Waals surface area contributed by atoms with E-state index in [0.717, 1.165) is 12.0 Å². The maximum absolute atomic E-state index is 12.1. The molecule has 1 aliphatic rings. The van der Waals surface area contributed by atoms with Gasteiger partial charge < -0.3 is 19.3 Å². The molecule has 0 saturated heterocycles. The second kappa shape index (κ2) is 6.37. The maximum atomic E-state index is 12.1. The van der Waals surface area contributed by atoms with Crippen LogP contribution in [0.4, 0.5) is 10.5 Å². The number of aliphatic hydroxyl groups is 1. The summed E-state index contributed by atoms with van der Waals surface area (Å²) in [6, 6.07) is 6.61. The molecule has 1 N–H and O–H groups in total. The summed E-state index contributed by atoms with van der Waals surface area (Å²) in [6.07, 6.45) is -2.30. The second-order valence-electron chi connectivity index (χ2n) is 5.46. The van der Waals surface area contributed by atoms with Crippen LogP contribution in [-0.2, 0) is 19.7 Å². The SMILES string of the molecule is COC(=O)C(C#N)C1(C)c2cc(OC)ccc2N(C(=O)OC)C1O. The van der Waals surface area contributed by atoms with Crippen LogP contribution in [0.1, 0.15) is 12.5 Å². The molecule has 1 heterocycles. The first-order chi connectivity index (χ1) is 11.4. The highest BCUT2D eigenvalue weighted by Gasteiger charge is 2.57. The molecule has 0 spiro atoms. The molecule has 0 radical (unpaired) electrons. The van der Waals surface area contributed by atoms with Crippen LogP contribution < -0.4 is 9.64 Å². The third-order valence-electron chi connectivity index (χ3n) is 4.36. The number of anilines is 1. The van der Waals surface area contributed by atoms with Crippen molar-refractivity contribution in [1.82, 2.24) is 0 Å². The van der Waals surface area contributed by atoms with Gasteiger partial charge in [0.2, 0.25) is 0 Å². The molecule has 3 unspecified atom stereocenters. The maximum Gasteiger partial charge on any atom is 0.416 e. The van der Waals surface area contributed by atoms with Crippen molar-refractivity contribution in [3.8, 4) is 11.8 Å². The number of esters is 1. The summed E-state index contributed by atoms with van der Waals surface area (Å²) in [5.74, 6) is -1.68. The monoisotopic (exact) mass is 334 g/mol. The molecule has 1 aliphatic heterocycles. The van der Waals surface area contributed by atoms with E-state index in [4.69, 9.17) is 9.47 Å². The van der Waals surface area contributed by atoms with Crippen molar-refractivity contribution in [3.63, 3.8) is 0 Å². The van der Waals surface area contributed by atoms with Crippen molar-refractivity contribution in [2.75, 3.05) is 26.2 Å². The predicted octanol–water partition coefficient (Wildman–Crippen LogP) is 1.17. The molecule has 1 aromatic rings. The molecule has 128 valence electrons. The molecule has 1 amide bonds. The highest BCUT2D eigenvalue weighted by molar-refractivity contribution is 5.93.